The van der Waals surface area contributed by atoms with Crippen LogP contribution in [-0.2, 0) is 23.9 Å². The zero-order valence-corrected chi connectivity index (χ0v) is 18.3. The Bertz CT molecular complexity index is 1030. The van der Waals surface area contributed by atoms with Gasteiger partial charge >= 0.3 is 11.9 Å². The molecule has 0 fully saturated rings. The van der Waals surface area contributed by atoms with Gasteiger partial charge in [0, 0.05) is 23.5 Å². The number of esters is 2. The first kappa shape index (κ1) is 23.9. The maximum atomic E-state index is 13.0. The summed E-state index contributed by atoms with van der Waals surface area (Å²) >= 11 is 4.90. The Hall–Kier alpha value is -3.40. The van der Waals surface area contributed by atoms with E-state index in [1.807, 2.05) is 0 Å². The monoisotopic (exact) mass is 446 g/mol. The van der Waals surface area contributed by atoms with Gasteiger partial charge in [0.1, 0.15) is 6.61 Å². The summed E-state index contributed by atoms with van der Waals surface area (Å²) in [6.45, 7) is 5.89. The van der Waals surface area contributed by atoms with Gasteiger partial charge in [-0.05, 0) is 33.3 Å². The van der Waals surface area contributed by atoms with Gasteiger partial charge < -0.3 is 14.8 Å². The number of nitrogens with one attached hydrogen (secondary N) is 1. The zero-order chi connectivity index (χ0) is 23.3. The van der Waals surface area contributed by atoms with Gasteiger partial charge in [-0.15, -0.1) is 0 Å². The number of non-ortho nitro benzene ring substituents is 1. The van der Waals surface area contributed by atoms with E-state index in [9.17, 15) is 24.5 Å². The number of thiocarbonyl (C=S) groups is 1. The van der Waals surface area contributed by atoms with Crippen molar-refractivity contribution < 1.29 is 28.8 Å². The third-order valence-corrected chi connectivity index (χ3v) is 5.02. The molecule has 1 aliphatic rings. The lowest BCUT2D eigenvalue weighted by atomic mass is 9.80. The number of nitro benzene ring substituents is 1. The van der Waals surface area contributed by atoms with Crippen molar-refractivity contribution in [1.82, 2.24) is 5.32 Å². The van der Waals surface area contributed by atoms with Crippen LogP contribution in [-0.4, -0.2) is 40.7 Å². The molecule has 1 aliphatic heterocycles. The zero-order valence-electron chi connectivity index (χ0n) is 17.5. The van der Waals surface area contributed by atoms with Crippen LogP contribution in [0.4, 0.5) is 5.69 Å². The third kappa shape index (κ3) is 5.40. The SMILES string of the molecule is CCOC(=O)C1=C(C)NC(C)=C(C(=O)OCC(=S)C(C)=O)C1c1cccc([N+](=O)[O-])c1. The number of nitro groups is 1. The smallest absolute Gasteiger partial charge is 0.337 e. The maximum Gasteiger partial charge on any atom is 0.337 e. The fraction of sp³-hybridized carbons (Fsp3) is 0.333. The number of ketones is 1. The van der Waals surface area contributed by atoms with Crippen LogP contribution in [0.5, 0.6) is 0 Å². The lowest BCUT2D eigenvalue weighted by molar-refractivity contribution is -0.384. The van der Waals surface area contributed by atoms with Crippen LogP contribution in [0.3, 0.4) is 0 Å². The van der Waals surface area contributed by atoms with E-state index in [0.29, 0.717) is 17.0 Å². The molecule has 0 aliphatic carbocycles. The van der Waals surface area contributed by atoms with Gasteiger partial charge in [-0.25, -0.2) is 9.59 Å². The van der Waals surface area contributed by atoms with Crippen molar-refractivity contribution in [1.29, 1.82) is 0 Å². The molecule has 1 heterocycles. The predicted molar refractivity (Wildman–Crippen MR) is 115 cm³/mol. The number of benzene rings is 1. The summed E-state index contributed by atoms with van der Waals surface area (Å²) < 4.78 is 10.4. The summed E-state index contributed by atoms with van der Waals surface area (Å²) in [5.74, 6) is -2.84. The Labute approximate surface area is 184 Å². The molecule has 2 rings (SSSR count). The number of allylic oxidation sites excluding steroid dienone is 2. The number of carbonyl (C=O) groups is 3. The van der Waals surface area contributed by atoms with E-state index >= 15 is 0 Å². The van der Waals surface area contributed by atoms with Gasteiger partial charge in [0.15, 0.2) is 5.78 Å². The highest BCUT2D eigenvalue weighted by Gasteiger charge is 2.38. The fourth-order valence-electron chi connectivity index (χ4n) is 3.21. The molecule has 31 heavy (non-hydrogen) atoms. The number of rotatable bonds is 8. The van der Waals surface area contributed by atoms with Crippen molar-refractivity contribution in [2.75, 3.05) is 13.2 Å². The number of carbonyl (C=O) groups excluding carboxylic acids is 3. The van der Waals surface area contributed by atoms with Gasteiger partial charge in [-0.2, -0.15) is 0 Å². The molecular formula is C21H22N2O7S. The van der Waals surface area contributed by atoms with E-state index < -0.39 is 28.6 Å². The normalized spacial score (nSPS) is 15.8. The maximum absolute atomic E-state index is 13.0. The third-order valence-electron chi connectivity index (χ3n) is 4.62. The van der Waals surface area contributed by atoms with Gasteiger partial charge in [0.2, 0.25) is 0 Å². The van der Waals surface area contributed by atoms with Crippen LogP contribution >= 0.6 is 12.2 Å². The van der Waals surface area contributed by atoms with Crippen LogP contribution in [0.2, 0.25) is 0 Å². The summed E-state index contributed by atoms with van der Waals surface area (Å²) in [7, 11) is 0. The van der Waals surface area contributed by atoms with Crippen LogP contribution in [0.1, 0.15) is 39.2 Å². The Balaban J connectivity index is 2.59. The van der Waals surface area contributed by atoms with Crippen molar-refractivity contribution in [3.05, 3.63) is 62.5 Å². The molecule has 10 heteroatoms. The summed E-state index contributed by atoms with van der Waals surface area (Å²) in [6, 6.07) is 5.65. The highest BCUT2D eigenvalue weighted by atomic mass is 32.1. The number of Topliss-reactive ketones (excluding diaryl/α,β-unsaturated/α-hetero) is 1. The second-order valence-corrected chi connectivity index (χ2v) is 7.26. The molecule has 9 nitrogen and oxygen atoms in total. The fourth-order valence-corrected chi connectivity index (χ4v) is 3.26. The minimum atomic E-state index is -0.974. The molecule has 1 N–H and O–H groups in total. The molecule has 0 saturated heterocycles. The van der Waals surface area contributed by atoms with E-state index in [0.717, 1.165) is 0 Å². The number of nitrogens with zero attached hydrogens (tertiary/aromatic N) is 1. The molecule has 0 radical (unpaired) electrons. The van der Waals surface area contributed by atoms with Crippen molar-refractivity contribution >= 4 is 40.5 Å². The average Bonchev–Trinajstić information content (AvgIpc) is 2.71. The van der Waals surface area contributed by atoms with Crippen molar-refractivity contribution in [3.8, 4) is 0 Å². The summed E-state index contributed by atoms with van der Waals surface area (Å²) in [5, 5.41) is 14.2. The quantitative estimate of drug-likeness (QED) is 0.278. The predicted octanol–water partition coefficient (Wildman–Crippen LogP) is 2.89. The molecule has 1 unspecified atom stereocenters. The molecular weight excluding hydrogens is 424 g/mol. The van der Waals surface area contributed by atoms with Crippen LogP contribution in [0, 0.1) is 10.1 Å². The van der Waals surface area contributed by atoms with Crippen LogP contribution in [0.15, 0.2) is 46.8 Å². The molecule has 1 aromatic carbocycles. The van der Waals surface area contributed by atoms with Crippen LogP contribution in [0.25, 0.3) is 0 Å². The van der Waals surface area contributed by atoms with Crippen LogP contribution < -0.4 is 5.32 Å². The van der Waals surface area contributed by atoms with E-state index in [2.05, 4.69) is 5.32 Å². The lowest BCUT2D eigenvalue weighted by Crippen LogP contribution is -2.33. The van der Waals surface area contributed by atoms with Crippen molar-refractivity contribution in [2.45, 2.75) is 33.6 Å². The standard InChI is InChI=1S/C21H22N2O7S/c1-5-29-20(25)17-11(2)22-12(3)18(21(26)30-10-16(31)13(4)24)19(17)14-7-6-8-15(9-14)23(27)28/h6-9,19,22H,5,10H2,1-4H3. The lowest BCUT2D eigenvalue weighted by Gasteiger charge is -2.30. The first-order valence-electron chi connectivity index (χ1n) is 9.39. The Morgan fingerprint density at radius 2 is 1.71 bits per heavy atom. The molecule has 0 saturated carbocycles. The summed E-state index contributed by atoms with van der Waals surface area (Å²) in [4.78, 5) is 47.7. The number of ether oxygens (including phenoxy) is 2. The van der Waals surface area contributed by atoms with Gasteiger partial charge in [-0.3, -0.25) is 14.9 Å². The Morgan fingerprint density at radius 1 is 1.13 bits per heavy atom. The van der Waals surface area contributed by atoms with E-state index in [1.165, 1.54) is 25.1 Å². The van der Waals surface area contributed by atoms with E-state index in [1.54, 1.807) is 26.8 Å². The second kappa shape index (κ2) is 10.1. The Kier molecular flexibility index (Phi) is 7.76. The molecule has 0 bridgehead atoms. The Morgan fingerprint density at radius 3 is 2.23 bits per heavy atom. The number of hydrogen-bond donors (Lipinski definition) is 1. The summed E-state index contributed by atoms with van der Waals surface area (Å²) in [6.07, 6.45) is 0. The topological polar surface area (TPSA) is 125 Å². The first-order chi connectivity index (χ1) is 14.6. The van der Waals surface area contributed by atoms with Crippen molar-refractivity contribution in [3.63, 3.8) is 0 Å². The van der Waals surface area contributed by atoms with Gasteiger partial charge in [0.25, 0.3) is 5.69 Å². The molecule has 164 valence electrons. The summed E-state index contributed by atoms with van der Waals surface area (Å²) in [5.41, 5.74) is 1.21. The number of hydrogen-bond acceptors (Lipinski definition) is 9. The minimum absolute atomic E-state index is 0.0559. The number of dihydropyridines is 1. The molecule has 0 amide bonds. The second-order valence-electron chi connectivity index (χ2n) is 6.76. The highest BCUT2D eigenvalue weighted by molar-refractivity contribution is 7.82. The molecule has 1 atom stereocenters. The van der Waals surface area contributed by atoms with Gasteiger partial charge in [0.05, 0.1) is 33.5 Å². The molecule has 0 spiro atoms. The minimum Gasteiger partial charge on any atom is -0.463 e. The van der Waals surface area contributed by atoms with Gasteiger partial charge in [-0.1, -0.05) is 24.4 Å². The highest BCUT2D eigenvalue weighted by Crippen LogP contribution is 2.40. The van der Waals surface area contributed by atoms with Crippen molar-refractivity contribution in [2.24, 2.45) is 0 Å². The van der Waals surface area contributed by atoms with E-state index in [4.69, 9.17) is 21.7 Å². The van der Waals surface area contributed by atoms with E-state index in [-0.39, 0.29) is 34.9 Å². The average molecular weight is 446 g/mol. The molecule has 0 aromatic heterocycles. The molecule has 1 aromatic rings. The first-order valence-corrected chi connectivity index (χ1v) is 9.80. The largest absolute Gasteiger partial charge is 0.463 e.